The lowest BCUT2D eigenvalue weighted by molar-refractivity contribution is -0.137. The van der Waals surface area contributed by atoms with Crippen molar-refractivity contribution in [3.05, 3.63) is 29.3 Å². The monoisotopic (exact) mass is 249 g/mol. The van der Waals surface area contributed by atoms with E-state index in [0.717, 1.165) is 6.54 Å². The van der Waals surface area contributed by atoms with E-state index in [0.29, 0.717) is 12.3 Å². The molecule has 0 heterocycles. The summed E-state index contributed by atoms with van der Waals surface area (Å²) in [6.07, 6.45) is 0.908. The van der Waals surface area contributed by atoms with E-state index in [-0.39, 0.29) is 6.42 Å². The molecular weight excluding hydrogens is 226 g/mol. The zero-order chi connectivity index (χ0) is 13.7. The van der Waals surface area contributed by atoms with Crippen molar-refractivity contribution < 1.29 is 9.90 Å². The molecule has 0 radical (unpaired) electrons. The van der Waals surface area contributed by atoms with Gasteiger partial charge in [-0.1, -0.05) is 32.0 Å². The Labute approximate surface area is 109 Å². The molecule has 1 aromatic rings. The molecule has 0 aliphatic rings. The van der Waals surface area contributed by atoms with Gasteiger partial charge < -0.3 is 10.0 Å². The Bertz CT molecular complexity index is 413. The van der Waals surface area contributed by atoms with E-state index in [1.165, 1.54) is 16.8 Å². The summed E-state index contributed by atoms with van der Waals surface area (Å²) in [6, 6.07) is 6.34. The molecule has 0 saturated heterocycles. The number of carbonyl (C=O) groups is 1. The van der Waals surface area contributed by atoms with Gasteiger partial charge in [-0.25, -0.2) is 0 Å². The van der Waals surface area contributed by atoms with Gasteiger partial charge in [0, 0.05) is 25.7 Å². The summed E-state index contributed by atoms with van der Waals surface area (Å²) in [5.41, 5.74) is 3.82. The van der Waals surface area contributed by atoms with Crippen LogP contribution >= 0.6 is 0 Å². The molecule has 1 rings (SSSR count). The Kier molecular flexibility index (Phi) is 5.20. The number of carboxylic acids is 1. The predicted octanol–water partition coefficient (Wildman–Crippen LogP) is 3.42. The third-order valence-corrected chi connectivity index (χ3v) is 3.16. The number of benzene rings is 1. The van der Waals surface area contributed by atoms with E-state index in [1.54, 1.807) is 0 Å². The van der Waals surface area contributed by atoms with Crippen molar-refractivity contribution in [2.45, 2.75) is 39.5 Å². The number of hydrogen-bond acceptors (Lipinski definition) is 2. The summed E-state index contributed by atoms with van der Waals surface area (Å²) in [7, 11) is 2.04. The highest BCUT2D eigenvalue weighted by atomic mass is 16.4. The van der Waals surface area contributed by atoms with E-state index in [4.69, 9.17) is 5.11 Å². The van der Waals surface area contributed by atoms with Crippen LogP contribution in [-0.4, -0.2) is 24.7 Å². The highest BCUT2D eigenvalue weighted by molar-refractivity contribution is 5.66. The van der Waals surface area contributed by atoms with E-state index in [2.05, 4.69) is 43.9 Å². The van der Waals surface area contributed by atoms with Crippen LogP contribution in [0.15, 0.2) is 18.2 Å². The quantitative estimate of drug-likeness (QED) is 0.839. The second kappa shape index (κ2) is 6.43. The molecule has 0 unspecified atom stereocenters. The molecule has 100 valence electrons. The maximum Gasteiger partial charge on any atom is 0.303 e. The smallest absolute Gasteiger partial charge is 0.303 e. The minimum absolute atomic E-state index is 0.229. The highest BCUT2D eigenvalue weighted by Crippen LogP contribution is 2.30. The van der Waals surface area contributed by atoms with Crippen LogP contribution in [0.2, 0.25) is 0 Å². The fraction of sp³-hybridized carbons (Fsp3) is 0.533. The minimum Gasteiger partial charge on any atom is -0.481 e. The fourth-order valence-electron chi connectivity index (χ4n) is 2.25. The Balaban J connectivity index is 2.83. The van der Waals surface area contributed by atoms with Crippen molar-refractivity contribution in [1.82, 2.24) is 0 Å². The van der Waals surface area contributed by atoms with Crippen LogP contribution in [0, 0.1) is 6.92 Å². The molecule has 0 aromatic heterocycles. The maximum absolute atomic E-state index is 10.5. The number of para-hydroxylation sites is 1. The third-order valence-electron chi connectivity index (χ3n) is 3.16. The lowest BCUT2D eigenvalue weighted by Gasteiger charge is -2.26. The molecule has 3 nitrogen and oxygen atoms in total. The van der Waals surface area contributed by atoms with Crippen LogP contribution in [0.3, 0.4) is 0 Å². The summed E-state index contributed by atoms with van der Waals surface area (Å²) in [4.78, 5) is 12.7. The van der Waals surface area contributed by atoms with Crippen molar-refractivity contribution in [3.8, 4) is 0 Å². The Morgan fingerprint density at radius 2 is 2.06 bits per heavy atom. The molecule has 0 saturated carbocycles. The summed E-state index contributed by atoms with van der Waals surface area (Å²) < 4.78 is 0. The topological polar surface area (TPSA) is 40.5 Å². The van der Waals surface area contributed by atoms with Gasteiger partial charge in [0.25, 0.3) is 0 Å². The average molecular weight is 249 g/mol. The molecule has 0 fully saturated rings. The number of aliphatic carboxylic acids is 1. The Morgan fingerprint density at radius 1 is 1.39 bits per heavy atom. The normalized spacial score (nSPS) is 10.7. The van der Waals surface area contributed by atoms with Gasteiger partial charge >= 0.3 is 5.97 Å². The molecule has 0 spiro atoms. The zero-order valence-corrected chi connectivity index (χ0v) is 11.7. The molecule has 0 amide bonds. The number of nitrogens with zero attached hydrogens (tertiary/aromatic N) is 1. The number of rotatable bonds is 6. The molecular formula is C15H23NO2. The third kappa shape index (κ3) is 3.76. The molecule has 0 bridgehead atoms. The SMILES string of the molecule is Cc1cccc(C(C)C)c1N(C)CCCC(=O)O. The Hall–Kier alpha value is -1.51. The van der Waals surface area contributed by atoms with Crippen molar-refractivity contribution in [2.24, 2.45) is 0 Å². The maximum atomic E-state index is 10.5. The summed E-state index contributed by atoms with van der Waals surface area (Å²) >= 11 is 0. The standard InChI is InChI=1S/C15H23NO2/c1-11(2)13-8-5-7-12(3)15(13)16(4)10-6-9-14(17)18/h5,7-8,11H,6,9-10H2,1-4H3,(H,17,18). The van der Waals surface area contributed by atoms with Crippen molar-refractivity contribution >= 4 is 11.7 Å². The van der Waals surface area contributed by atoms with Crippen molar-refractivity contribution in [1.29, 1.82) is 0 Å². The van der Waals surface area contributed by atoms with Gasteiger partial charge in [-0.15, -0.1) is 0 Å². The van der Waals surface area contributed by atoms with Gasteiger partial charge in [0.1, 0.15) is 0 Å². The molecule has 1 N–H and O–H groups in total. The molecule has 3 heteroatoms. The first kappa shape index (κ1) is 14.6. The summed E-state index contributed by atoms with van der Waals surface area (Å²) in [5, 5.41) is 8.68. The minimum atomic E-state index is -0.725. The summed E-state index contributed by atoms with van der Waals surface area (Å²) in [5.74, 6) is -0.251. The fourth-order valence-corrected chi connectivity index (χ4v) is 2.25. The van der Waals surface area contributed by atoms with Gasteiger partial charge in [-0.2, -0.15) is 0 Å². The second-order valence-electron chi connectivity index (χ2n) is 5.09. The number of hydrogen-bond donors (Lipinski definition) is 1. The lowest BCUT2D eigenvalue weighted by atomic mass is 9.97. The van der Waals surface area contributed by atoms with Gasteiger partial charge in [0.15, 0.2) is 0 Å². The average Bonchev–Trinajstić information content (AvgIpc) is 2.27. The number of anilines is 1. The van der Waals surface area contributed by atoms with E-state index < -0.39 is 5.97 Å². The first-order valence-corrected chi connectivity index (χ1v) is 6.46. The first-order valence-electron chi connectivity index (χ1n) is 6.46. The largest absolute Gasteiger partial charge is 0.481 e. The van der Waals surface area contributed by atoms with Gasteiger partial charge in [0.05, 0.1) is 0 Å². The number of aryl methyl sites for hydroxylation is 1. The molecule has 0 aliphatic carbocycles. The van der Waals surface area contributed by atoms with E-state index in [9.17, 15) is 4.79 Å². The van der Waals surface area contributed by atoms with Crippen LogP contribution in [-0.2, 0) is 4.79 Å². The van der Waals surface area contributed by atoms with E-state index >= 15 is 0 Å². The number of carboxylic acid groups (broad SMARTS) is 1. The van der Waals surface area contributed by atoms with Gasteiger partial charge in [-0.3, -0.25) is 4.79 Å². The van der Waals surface area contributed by atoms with Gasteiger partial charge in [0.2, 0.25) is 0 Å². The highest BCUT2D eigenvalue weighted by Gasteiger charge is 2.12. The predicted molar refractivity (Wildman–Crippen MR) is 75.4 cm³/mol. The van der Waals surface area contributed by atoms with Crippen LogP contribution in [0.4, 0.5) is 5.69 Å². The Morgan fingerprint density at radius 3 is 2.61 bits per heavy atom. The molecule has 18 heavy (non-hydrogen) atoms. The second-order valence-corrected chi connectivity index (χ2v) is 5.09. The molecule has 1 aromatic carbocycles. The van der Waals surface area contributed by atoms with Crippen molar-refractivity contribution in [2.75, 3.05) is 18.5 Å². The van der Waals surface area contributed by atoms with Gasteiger partial charge in [-0.05, 0) is 30.4 Å². The zero-order valence-electron chi connectivity index (χ0n) is 11.7. The first-order chi connectivity index (χ1) is 8.43. The van der Waals surface area contributed by atoms with Crippen molar-refractivity contribution in [3.63, 3.8) is 0 Å². The van der Waals surface area contributed by atoms with Crippen LogP contribution in [0.25, 0.3) is 0 Å². The summed E-state index contributed by atoms with van der Waals surface area (Å²) in [6.45, 7) is 7.25. The van der Waals surface area contributed by atoms with E-state index in [1.807, 2.05) is 7.05 Å². The lowest BCUT2D eigenvalue weighted by Crippen LogP contribution is -2.22. The van der Waals surface area contributed by atoms with Crippen LogP contribution in [0.1, 0.15) is 43.7 Å². The van der Waals surface area contributed by atoms with Crippen LogP contribution in [0.5, 0.6) is 0 Å². The van der Waals surface area contributed by atoms with Crippen LogP contribution < -0.4 is 4.90 Å². The molecule has 0 aliphatic heterocycles. The molecule has 0 atom stereocenters.